The lowest BCUT2D eigenvalue weighted by atomic mass is 9.99. The highest BCUT2D eigenvalue weighted by Crippen LogP contribution is 2.21. The maximum absolute atomic E-state index is 12.6. The Labute approximate surface area is 111 Å². The van der Waals surface area contributed by atoms with Gasteiger partial charge in [0, 0.05) is 26.2 Å². The fraction of sp³-hybridized carbons (Fsp3) is 0.929. The Hall–Kier alpha value is -0.770. The van der Waals surface area contributed by atoms with Gasteiger partial charge in [-0.2, -0.15) is 0 Å². The van der Waals surface area contributed by atoms with Gasteiger partial charge >= 0.3 is 6.03 Å². The van der Waals surface area contributed by atoms with Crippen LogP contribution in [0.5, 0.6) is 0 Å². The number of carbonyl (C=O) groups excluding carboxylic acids is 1. The molecule has 0 aliphatic carbocycles. The predicted octanol–water partition coefficient (Wildman–Crippen LogP) is 2.29. The molecule has 1 aliphatic rings. The van der Waals surface area contributed by atoms with Crippen molar-refractivity contribution in [3.8, 4) is 0 Å². The molecule has 1 heterocycles. The molecule has 1 saturated heterocycles. The first kappa shape index (κ1) is 15.3. The zero-order valence-electron chi connectivity index (χ0n) is 12.4. The summed E-state index contributed by atoms with van der Waals surface area (Å²) in [7, 11) is 0. The van der Waals surface area contributed by atoms with Crippen LogP contribution in [0.1, 0.15) is 47.0 Å². The van der Waals surface area contributed by atoms with Gasteiger partial charge < -0.3 is 15.5 Å². The van der Waals surface area contributed by atoms with E-state index < -0.39 is 0 Å². The van der Waals surface area contributed by atoms with Gasteiger partial charge in [-0.3, -0.25) is 0 Å². The smallest absolute Gasteiger partial charge is 0.320 e. The van der Waals surface area contributed by atoms with Gasteiger partial charge in [0.1, 0.15) is 0 Å². The minimum Gasteiger partial charge on any atom is -0.328 e. The average Bonchev–Trinajstić information content (AvgIpc) is 2.36. The number of urea groups is 1. The van der Waals surface area contributed by atoms with Crippen molar-refractivity contribution in [1.82, 2.24) is 9.80 Å². The van der Waals surface area contributed by atoms with Crippen molar-refractivity contribution in [3.63, 3.8) is 0 Å². The van der Waals surface area contributed by atoms with Crippen molar-refractivity contribution in [2.24, 2.45) is 11.7 Å². The molecule has 0 spiro atoms. The van der Waals surface area contributed by atoms with Gasteiger partial charge in [0.2, 0.25) is 0 Å². The largest absolute Gasteiger partial charge is 0.328 e. The predicted molar refractivity (Wildman–Crippen MR) is 75.5 cm³/mol. The number of nitrogens with two attached hydrogens (primary N) is 1. The van der Waals surface area contributed by atoms with Crippen LogP contribution < -0.4 is 5.73 Å². The number of piperidine rings is 1. The van der Waals surface area contributed by atoms with Gasteiger partial charge in [-0.05, 0) is 39.0 Å². The quantitative estimate of drug-likeness (QED) is 0.838. The molecule has 2 N–H and O–H groups in total. The van der Waals surface area contributed by atoms with E-state index in [1.54, 1.807) is 0 Å². The molecule has 4 nitrogen and oxygen atoms in total. The number of hydrogen-bond donors (Lipinski definition) is 1. The molecular formula is C14H29N3O. The van der Waals surface area contributed by atoms with E-state index in [4.69, 9.17) is 5.73 Å². The van der Waals surface area contributed by atoms with Gasteiger partial charge in [-0.1, -0.05) is 13.8 Å². The Morgan fingerprint density at radius 3 is 2.39 bits per heavy atom. The first-order valence-corrected chi connectivity index (χ1v) is 7.19. The molecule has 0 aromatic heterocycles. The molecule has 106 valence electrons. The van der Waals surface area contributed by atoms with Crippen LogP contribution in [0, 0.1) is 5.92 Å². The molecule has 2 amide bonds. The van der Waals surface area contributed by atoms with E-state index in [1.807, 2.05) is 23.6 Å². The van der Waals surface area contributed by atoms with Crippen LogP contribution >= 0.6 is 0 Å². The fourth-order valence-corrected chi connectivity index (χ4v) is 2.36. The minimum atomic E-state index is -0.254. The summed E-state index contributed by atoms with van der Waals surface area (Å²) in [4.78, 5) is 16.5. The van der Waals surface area contributed by atoms with E-state index in [-0.39, 0.29) is 11.6 Å². The second-order valence-corrected chi connectivity index (χ2v) is 6.12. The second kappa shape index (κ2) is 6.41. The van der Waals surface area contributed by atoms with E-state index in [0.717, 1.165) is 44.8 Å². The number of rotatable bonds is 4. The number of likely N-dealkylation sites (tertiary alicyclic amines) is 1. The third-order valence-corrected chi connectivity index (χ3v) is 3.96. The molecule has 1 aliphatic heterocycles. The van der Waals surface area contributed by atoms with Crippen LogP contribution in [0.15, 0.2) is 0 Å². The fourth-order valence-electron chi connectivity index (χ4n) is 2.36. The van der Waals surface area contributed by atoms with Crippen molar-refractivity contribution in [2.75, 3.05) is 26.2 Å². The summed E-state index contributed by atoms with van der Waals surface area (Å²) in [5.41, 5.74) is 5.56. The highest BCUT2D eigenvalue weighted by Gasteiger charge is 2.33. The van der Waals surface area contributed by atoms with E-state index in [9.17, 15) is 4.79 Å². The highest BCUT2D eigenvalue weighted by molar-refractivity contribution is 5.75. The zero-order valence-corrected chi connectivity index (χ0v) is 12.4. The molecule has 0 bridgehead atoms. The highest BCUT2D eigenvalue weighted by atomic mass is 16.2. The van der Waals surface area contributed by atoms with E-state index in [1.165, 1.54) is 0 Å². The summed E-state index contributed by atoms with van der Waals surface area (Å²) in [6.45, 7) is 11.5. The van der Waals surface area contributed by atoms with Crippen molar-refractivity contribution < 1.29 is 4.79 Å². The Kier molecular flexibility index (Phi) is 5.45. The lowest BCUT2D eigenvalue weighted by Gasteiger charge is -2.42. The summed E-state index contributed by atoms with van der Waals surface area (Å²) >= 11 is 0. The molecule has 18 heavy (non-hydrogen) atoms. The van der Waals surface area contributed by atoms with Crippen molar-refractivity contribution in [1.29, 1.82) is 0 Å². The molecule has 0 saturated carbocycles. The van der Waals surface area contributed by atoms with Crippen LogP contribution in [0.3, 0.4) is 0 Å². The molecule has 0 aromatic carbocycles. The van der Waals surface area contributed by atoms with Gasteiger partial charge in [-0.15, -0.1) is 0 Å². The molecule has 1 rings (SSSR count). The molecule has 1 fully saturated rings. The van der Waals surface area contributed by atoms with Gasteiger partial charge in [0.05, 0.1) is 5.54 Å². The lowest BCUT2D eigenvalue weighted by molar-refractivity contribution is 0.0932. The van der Waals surface area contributed by atoms with Crippen molar-refractivity contribution >= 4 is 6.03 Å². The normalized spacial score (nSPS) is 17.9. The maximum Gasteiger partial charge on any atom is 0.320 e. The molecule has 0 atom stereocenters. The minimum absolute atomic E-state index is 0.166. The summed E-state index contributed by atoms with van der Waals surface area (Å²) < 4.78 is 0. The lowest BCUT2D eigenvalue weighted by Crippen LogP contribution is -2.57. The molecule has 0 unspecified atom stereocenters. The standard InChI is InChI=1S/C14H29N3O/c1-5-8-17(14(3,4)11-15)13(18)16-9-6-12(2)7-10-16/h12H,5-11,15H2,1-4H3. The van der Waals surface area contributed by atoms with E-state index in [0.29, 0.717) is 6.54 Å². The van der Waals surface area contributed by atoms with Crippen LogP contribution in [0.25, 0.3) is 0 Å². The first-order valence-electron chi connectivity index (χ1n) is 7.19. The van der Waals surface area contributed by atoms with Gasteiger partial charge in [0.15, 0.2) is 0 Å². The third kappa shape index (κ3) is 3.61. The molecular weight excluding hydrogens is 226 g/mol. The van der Waals surface area contributed by atoms with Crippen LogP contribution in [-0.4, -0.2) is 47.5 Å². The van der Waals surface area contributed by atoms with Gasteiger partial charge in [-0.25, -0.2) is 4.79 Å². The Morgan fingerprint density at radius 1 is 1.39 bits per heavy atom. The van der Waals surface area contributed by atoms with E-state index >= 15 is 0 Å². The summed E-state index contributed by atoms with van der Waals surface area (Å²) in [6, 6.07) is 0.166. The number of carbonyl (C=O) groups is 1. The van der Waals surface area contributed by atoms with Gasteiger partial charge in [0.25, 0.3) is 0 Å². The molecule has 0 radical (unpaired) electrons. The van der Waals surface area contributed by atoms with Crippen molar-refractivity contribution in [3.05, 3.63) is 0 Å². The Balaban J connectivity index is 2.70. The second-order valence-electron chi connectivity index (χ2n) is 6.12. The number of hydrogen-bond acceptors (Lipinski definition) is 2. The SMILES string of the molecule is CCCN(C(=O)N1CCC(C)CC1)C(C)(C)CN. The van der Waals surface area contributed by atoms with Crippen LogP contribution in [0.2, 0.25) is 0 Å². The Morgan fingerprint density at radius 2 is 1.94 bits per heavy atom. The molecule has 4 heteroatoms. The monoisotopic (exact) mass is 255 g/mol. The Bertz CT molecular complexity index is 270. The average molecular weight is 255 g/mol. The first-order chi connectivity index (χ1) is 8.42. The molecule has 0 aromatic rings. The number of nitrogens with zero attached hydrogens (tertiary/aromatic N) is 2. The topological polar surface area (TPSA) is 49.6 Å². The van der Waals surface area contributed by atoms with Crippen molar-refractivity contribution in [2.45, 2.75) is 52.5 Å². The van der Waals surface area contributed by atoms with E-state index in [2.05, 4.69) is 13.8 Å². The summed E-state index contributed by atoms with van der Waals surface area (Å²) in [6.07, 6.45) is 3.21. The third-order valence-electron chi connectivity index (χ3n) is 3.96. The number of amides is 2. The summed E-state index contributed by atoms with van der Waals surface area (Å²) in [5, 5.41) is 0. The maximum atomic E-state index is 12.6. The summed E-state index contributed by atoms with van der Waals surface area (Å²) in [5.74, 6) is 0.746. The van der Waals surface area contributed by atoms with Crippen LogP contribution in [0.4, 0.5) is 4.79 Å². The van der Waals surface area contributed by atoms with Crippen LogP contribution in [-0.2, 0) is 0 Å². The zero-order chi connectivity index (χ0) is 13.8.